The molecule has 4 nitrogen and oxygen atoms in total. The zero-order valence-corrected chi connectivity index (χ0v) is 15.9. The van der Waals surface area contributed by atoms with Crippen molar-refractivity contribution in [2.45, 2.75) is 84.2 Å². The molecular formula is C16H33NO3Si. The molecule has 0 aromatic rings. The van der Waals surface area contributed by atoms with Gasteiger partial charge >= 0.3 is 6.09 Å². The Kier molecular flexibility index (Phi) is 5.03. The van der Waals surface area contributed by atoms with E-state index in [-0.39, 0.29) is 11.1 Å². The Balaban J connectivity index is 2.72. The van der Waals surface area contributed by atoms with Gasteiger partial charge in [0.25, 0.3) is 0 Å². The maximum Gasteiger partial charge on any atom is 0.410 e. The Morgan fingerprint density at radius 3 is 2.33 bits per heavy atom. The largest absolute Gasteiger partial charge is 0.444 e. The molecule has 0 unspecified atom stereocenters. The van der Waals surface area contributed by atoms with Gasteiger partial charge in [0.1, 0.15) is 5.60 Å². The summed E-state index contributed by atoms with van der Waals surface area (Å²) in [6.45, 7) is 16.5. The summed E-state index contributed by atoms with van der Waals surface area (Å²) in [5, 5.41) is 0.142. The summed E-state index contributed by atoms with van der Waals surface area (Å²) in [5.74, 6) is 0. The van der Waals surface area contributed by atoms with Gasteiger partial charge in [0.2, 0.25) is 0 Å². The minimum absolute atomic E-state index is 0.0496. The lowest BCUT2D eigenvalue weighted by Gasteiger charge is -2.38. The van der Waals surface area contributed by atoms with E-state index in [2.05, 4.69) is 33.9 Å². The van der Waals surface area contributed by atoms with Gasteiger partial charge in [-0.25, -0.2) is 4.79 Å². The van der Waals surface area contributed by atoms with Gasteiger partial charge < -0.3 is 14.1 Å². The molecule has 1 rings (SSSR count). The number of rotatable bonds is 3. The number of hydrogen-bond acceptors (Lipinski definition) is 3. The molecular weight excluding hydrogens is 282 g/mol. The number of carbonyl (C=O) groups is 1. The number of hydrogen-bond donors (Lipinski definition) is 0. The summed E-state index contributed by atoms with van der Waals surface area (Å²) in [4.78, 5) is 13.9. The number of carbonyl (C=O) groups excluding carboxylic acids is 1. The molecule has 0 N–H and O–H groups in total. The number of likely N-dealkylation sites (tertiary alicyclic amines) is 1. The van der Waals surface area contributed by atoms with Gasteiger partial charge in [0.15, 0.2) is 8.32 Å². The third kappa shape index (κ3) is 5.29. The van der Waals surface area contributed by atoms with Gasteiger partial charge in [-0.1, -0.05) is 20.8 Å². The summed E-state index contributed by atoms with van der Waals surface area (Å²) in [6.07, 6.45) is 1.10. The molecule has 21 heavy (non-hydrogen) atoms. The molecule has 1 amide bonds. The molecule has 5 heteroatoms. The van der Waals surface area contributed by atoms with Gasteiger partial charge in [-0.05, 0) is 51.7 Å². The van der Waals surface area contributed by atoms with Crippen molar-refractivity contribution in [3.63, 3.8) is 0 Å². The van der Waals surface area contributed by atoms with Crippen molar-refractivity contribution in [2.24, 2.45) is 0 Å². The van der Waals surface area contributed by atoms with Gasteiger partial charge in [0, 0.05) is 7.89 Å². The van der Waals surface area contributed by atoms with Crippen LogP contribution < -0.4 is 0 Å². The standard InChI is InChI=1S/C16H33NO3Si/c1-15(2,3)20-14(18)17-11-9-10-13(17)12-19-21(7,8)16(4,5)6/h13H,9-12H2,1-8H3/t13-/m0/s1/i11D/t11-,13-. The second kappa shape index (κ2) is 6.29. The Hall–Kier alpha value is -0.553. The van der Waals surface area contributed by atoms with Crippen LogP contribution >= 0.6 is 0 Å². The minimum atomic E-state index is -1.85. The highest BCUT2D eigenvalue weighted by molar-refractivity contribution is 6.74. The van der Waals surface area contributed by atoms with Crippen LogP contribution in [0.15, 0.2) is 0 Å². The highest BCUT2D eigenvalue weighted by atomic mass is 28.4. The van der Waals surface area contributed by atoms with Gasteiger partial charge in [-0.15, -0.1) is 0 Å². The molecule has 1 fully saturated rings. The van der Waals surface area contributed by atoms with Crippen LogP contribution in [-0.2, 0) is 9.16 Å². The molecule has 124 valence electrons. The van der Waals surface area contributed by atoms with E-state index in [9.17, 15) is 4.79 Å². The highest BCUT2D eigenvalue weighted by Crippen LogP contribution is 2.37. The molecule has 0 aromatic heterocycles. The summed E-state index contributed by atoms with van der Waals surface area (Å²) in [6, 6.07) is -0.0496. The second-order valence-electron chi connectivity index (χ2n) is 8.37. The van der Waals surface area contributed by atoms with E-state index >= 15 is 0 Å². The zero-order valence-electron chi connectivity index (χ0n) is 15.9. The van der Waals surface area contributed by atoms with Crippen LogP contribution in [-0.4, -0.2) is 44.1 Å². The van der Waals surface area contributed by atoms with Gasteiger partial charge in [-0.2, -0.15) is 0 Å². The average molecular weight is 317 g/mol. The molecule has 1 saturated heterocycles. The van der Waals surface area contributed by atoms with Gasteiger partial charge in [-0.3, -0.25) is 0 Å². The van der Waals surface area contributed by atoms with Crippen molar-refractivity contribution < 1.29 is 15.3 Å². The summed E-state index contributed by atoms with van der Waals surface area (Å²) in [5.41, 5.74) is -0.537. The third-order valence-electron chi connectivity index (χ3n) is 4.27. The lowest BCUT2D eigenvalue weighted by atomic mass is 10.2. The van der Waals surface area contributed by atoms with Crippen molar-refractivity contribution in [2.75, 3.05) is 13.1 Å². The maximum atomic E-state index is 12.3. The molecule has 0 saturated carbocycles. The smallest absolute Gasteiger partial charge is 0.410 e. The Morgan fingerprint density at radius 1 is 1.29 bits per heavy atom. The monoisotopic (exact) mass is 316 g/mol. The fraction of sp³-hybridized carbons (Fsp3) is 0.938. The summed E-state index contributed by atoms with van der Waals surface area (Å²) >= 11 is 0. The fourth-order valence-corrected chi connectivity index (χ4v) is 2.96. The fourth-order valence-electron chi connectivity index (χ4n) is 1.92. The van der Waals surface area contributed by atoms with Crippen LogP contribution in [0.5, 0.6) is 0 Å². The van der Waals surface area contributed by atoms with Crippen LogP contribution in [0.25, 0.3) is 0 Å². The molecule has 1 heterocycles. The van der Waals surface area contributed by atoms with E-state index in [4.69, 9.17) is 10.5 Å². The molecule has 1 aliphatic rings. The molecule has 0 spiro atoms. The Bertz CT molecular complexity index is 401. The highest BCUT2D eigenvalue weighted by Gasteiger charge is 2.39. The van der Waals surface area contributed by atoms with E-state index in [1.807, 2.05) is 20.8 Å². The Labute approximate surface area is 132 Å². The predicted molar refractivity (Wildman–Crippen MR) is 89.1 cm³/mol. The molecule has 0 radical (unpaired) electrons. The molecule has 0 bridgehead atoms. The predicted octanol–water partition coefficient (Wildman–Crippen LogP) is 4.41. The topological polar surface area (TPSA) is 38.8 Å². The van der Waals surface area contributed by atoms with E-state index in [1.165, 1.54) is 0 Å². The minimum Gasteiger partial charge on any atom is -0.444 e. The van der Waals surface area contributed by atoms with E-state index in [1.54, 1.807) is 4.90 Å². The van der Waals surface area contributed by atoms with E-state index in [0.717, 1.165) is 6.42 Å². The summed E-state index contributed by atoms with van der Waals surface area (Å²) < 4.78 is 19.8. The SMILES string of the molecule is [2H][C@H]1CC[C@@H](CO[Si](C)(C)C(C)(C)C)N1C(=O)OC(C)(C)C. The molecule has 0 aromatic carbocycles. The first-order chi connectivity index (χ1) is 9.74. The van der Waals surface area contributed by atoms with E-state index < -0.39 is 26.5 Å². The van der Waals surface area contributed by atoms with Crippen LogP contribution in [0.3, 0.4) is 0 Å². The first kappa shape index (κ1) is 16.8. The first-order valence-electron chi connectivity index (χ1n) is 8.40. The lowest BCUT2D eigenvalue weighted by Crippen LogP contribution is -2.46. The first-order valence-corrected chi connectivity index (χ1v) is 10.7. The summed E-state index contributed by atoms with van der Waals surface area (Å²) in [7, 11) is -1.85. The van der Waals surface area contributed by atoms with Crippen LogP contribution in [0, 0.1) is 0 Å². The normalized spacial score (nSPS) is 25.0. The molecule has 2 atom stereocenters. The second-order valence-corrected chi connectivity index (χ2v) is 13.2. The van der Waals surface area contributed by atoms with Crippen LogP contribution in [0.2, 0.25) is 18.1 Å². The van der Waals surface area contributed by atoms with Crippen LogP contribution in [0.1, 0.15) is 55.8 Å². The van der Waals surface area contributed by atoms with E-state index in [0.29, 0.717) is 13.0 Å². The number of ether oxygens (including phenoxy) is 1. The van der Waals surface area contributed by atoms with Crippen molar-refractivity contribution in [1.29, 1.82) is 0 Å². The number of nitrogens with zero attached hydrogens (tertiary/aromatic N) is 1. The lowest BCUT2D eigenvalue weighted by molar-refractivity contribution is 0.0182. The number of amides is 1. The third-order valence-corrected chi connectivity index (χ3v) is 8.77. The van der Waals surface area contributed by atoms with Crippen LogP contribution in [0.4, 0.5) is 4.79 Å². The van der Waals surface area contributed by atoms with Crippen molar-refractivity contribution in [3.8, 4) is 0 Å². The van der Waals surface area contributed by atoms with Crippen molar-refractivity contribution in [3.05, 3.63) is 0 Å². The Morgan fingerprint density at radius 2 is 1.86 bits per heavy atom. The molecule has 0 aliphatic carbocycles. The van der Waals surface area contributed by atoms with Crippen molar-refractivity contribution in [1.82, 2.24) is 4.90 Å². The van der Waals surface area contributed by atoms with Crippen molar-refractivity contribution >= 4 is 14.4 Å². The zero-order chi connectivity index (χ0) is 17.3. The average Bonchev–Trinajstić information content (AvgIpc) is 2.64. The maximum absolute atomic E-state index is 12.3. The quantitative estimate of drug-likeness (QED) is 0.724. The van der Waals surface area contributed by atoms with Gasteiger partial charge in [0.05, 0.1) is 12.6 Å². The molecule has 1 aliphatic heterocycles.